The van der Waals surface area contributed by atoms with Crippen LogP contribution in [0.4, 0.5) is 0 Å². The molecule has 86 valence electrons. The lowest BCUT2D eigenvalue weighted by Crippen LogP contribution is -2.35. The van der Waals surface area contributed by atoms with Crippen molar-refractivity contribution in [1.82, 2.24) is 10.6 Å². The SMILES string of the molecule is CNC(=O)CNC(=O)c1ccc(Br)c(O)c1. The van der Waals surface area contributed by atoms with Gasteiger partial charge < -0.3 is 15.7 Å². The molecule has 2 amide bonds. The molecule has 1 aromatic rings. The molecule has 0 aliphatic heterocycles. The van der Waals surface area contributed by atoms with Crippen molar-refractivity contribution in [3.8, 4) is 5.75 Å². The molecule has 3 N–H and O–H groups in total. The summed E-state index contributed by atoms with van der Waals surface area (Å²) in [4.78, 5) is 22.4. The summed E-state index contributed by atoms with van der Waals surface area (Å²) in [5, 5.41) is 14.2. The molecular weight excluding hydrogens is 276 g/mol. The van der Waals surface area contributed by atoms with E-state index in [1.54, 1.807) is 12.1 Å². The quantitative estimate of drug-likeness (QED) is 0.763. The molecular formula is C10H11BrN2O3. The number of benzene rings is 1. The van der Waals surface area contributed by atoms with Gasteiger partial charge in [-0.2, -0.15) is 0 Å². The van der Waals surface area contributed by atoms with E-state index in [1.165, 1.54) is 13.1 Å². The molecule has 16 heavy (non-hydrogen) atoms. The van der Waals surface area contributed by atoms with E-state index in [0.717, 1.165) is 0 Å². The molecule has 1 rings (SSSR count). The summed E-state index contributed by atoms with van der Waals surface area (Å²) in [6, 6.07) is 4.43. The van der Waals surface area contributed by atoms with Gasteiger partial charge in [0.2, 0.25) is 5.91 Å². The number of rotatable bonds is 3. The number of carbonyl (C=O) groups excluding carboxylic acids is 2. The van der Waals surface area contributed by atoms with Crippen LogP contribution in [0.1, 0.15) is 10.4 Å². The van der Waals surface area contributed by atoms with Crippen LogP contribution in [-0.4, -0.2) is 30.5 Å². The maximum Gasteiger partial charge on any atom is 0.251 e. The van der Waals surface area contributed by atoms with Crippen LogP contribution in [0.25, 0.3) is 0 Å². The van der Waals surface area contributed by atoms with Gasteiger partial charge in [-0.1, -0.05) is 0 Å². The Kier molecular flexibility index (Phi) is 4.30. The third kappa shape index (κ3) is 3.23. The number of carbonyl (C=O) groups is 2. The van der Waals surface area contributed by atoms with Gasteiger partial charge in [-0.05, 0) is 34.1 Å². The second-order valence-corrected chi connectivity index (χ2v) is 3.88. The molecule has 0 aliphatic rings. The summed E-state index contributed by atoms with van der Waals surface area (Å²) in [5.41, 5.74) is 0.296. The first kappa shape index (κ1) is 12.5. The Labute approximate surface area is 101 Å². The molecule has 1 aromatic carbocycles. The Hall–Kier alpha value is -1.56. The van der Waals surface area contributed by atoms with Crippen molar-refractivity contribution in [2.24, 2.45) is 0 Å². The first-order valence-corrected chi connectivity index (χ1v) is 5.31. The van der Waals surface area contributed by atoms with Crippen LogP contribution in [0.2, 0.25) is 0 Å². The van der Waals surface area contributed by atoms with Gasteiger partial charge in [-0.15, -0.1) is 0 Å². The number of amides is 2. The highest BCUT2D eigenvalue weighted by Crippen LogP contribution is 2.24. The summed E-state index contributed by atoms with van der Waals surface area (Å²) >= 11 is 3.11. The molecule has 6 heteroatoms. The molecule has 0 atom stereocenters. The lowest BCUT2D eigenvalue weighted by molar-refractivity contribution is -0.119. The third-order valence-corrected chi connectivity index (χ3v) is 2.57. The Bertz CT molecular complexity index is 421. The topological polar surface area (TPSA) is 78.4 Å². The van der Waals surface area contributed by atoms with E-state index < -0.39 is 5.91 Å². The van der Waals surface area contributed by atoms with Gasteiger partial charge in [0, 0.05) is 12.6 Å². The molecule has 0 fully saturated rings. The summed E-state index contributed by atoms with van der Waals surface area (Å²) < 4.78 is 0.510. The summed E-state index contributed by atoms with van der Waals surface area (Å²) in [6.07, 6.45) is 0. The molecule has 0 unspecified atom stereocenters. The van der Waals surface area contributed by atoms with Crippen LogP contribution < -0.4 is 10.6 Å². The summed E-state index contributed by atoms with van der Waals surface area (Å²) in [6.45, 7) is -0.0911. The second kappa shape index (κ2) is 5.50. The van der Waals surface area contributed by atoms with Crippen LogP contribution in [0.15, 0.2) is 22.7 Å². The molecule has 0 aliphatic carbocycles. The Morgan fingerprint density at radius 3 is 2.69 bits per heavy atom. The minimum atomic E-state index is -0.411. The van der Waals surface area contributed by atoms with Crippen molar-refractivity contribution in [3.63, 3.8) is 0 Å². The maximum absolute atomic E-state index is 11.5. The smallest absolute Gasteiger partial charge is 0.251 e. The standard InChI is InChI=1S/C10H11BrN2O3/c1-12-9(15)5-13-10(16)6-2-3-7(11)8(14)4-6/h2-4,14H,5H2,1H3,(H,12,15)(H,13,16). The van der Waals surface area contributed by atoms with Crippen molar-refractivity contribution >= 4 is 27.7 Å². The van der Waals surface area contributed by atoms with Crippen molar-refractivity contribution in [2.75, 3.05) is 13.6 Å². The van der Waals surface area contributed by atoms with Crippen LogP contribution in [0.5, 0.6) is 5.75 Å². The lowest BCUT2D eigenvalue weighted by atomic mass is 10.2. The van der Waals surface area contributed by atoms with E-state index in [-0.39, 0.29) is 18.2 Å². The highest BCUT2D eigenvalue weighted by Gasteiger charge is 2.08. The first-order valence-electron chi connectivity index (χ1n) is 4.52. The molecule has 0 heterocycles. The molecule has 0 spiro atoms. The Morgan fingerprint density at radius 2 is 2.12 bits per heavy atom. The van der Waals surface area contributed by atoms with E-state index in [2.05, 4.69) is 26.6 Å². The number of nitrogens with one attached hydrogen (secondary N) is 2. The van der Waals surface area contributed by atoms with Gasteiger partial charge in [0.15, 0.2) is 0 Å². The zero-order chi connectivity index (χ0) is 12.1. The predicted octanol–water partition coefficient (Wildman–Crippen LogP) is 0.630. The van der Waals surface area contributed by atoms with Gasteiger partial charge in [-0.3, -0.25) is 9.59 Å². The van der Waals surface area contributed by atoms with Crippen molar-refractivity contribution < 1.29 is 14.7 Å². The molecule has 0 bridgehead atoms. The average molecular weight is 287 g/mol. The number of halogens is 1. The highest BCUT2D eigenvalue weighted by atomic mass is 79.9. The average Bonchev–Trinajstić information content (AvgIpc) is 2.29. The fraction of sp³-hybridized carbons (Fsp3) is 0.200. The first-order chi connectivity index (χ1) is 7.54. The molecule has 0 aromatic heterocycles. The van der Waals surface area contributed by atoms with E-state index in [0.29, 0.717) is 10.0 Å². The van der Waals surface area contributed by atoms with Gasteiger partial charge in [0.25, 0.3) is 5.91 Å². The minimum Gasteiger partial charge on any atom is -0.507 e. The molecule has 5 nitrogen and oxygen atoms in total. The van der Waals surface area contributed by atoms with E-state index >= 15 is 0 Å². The summed E-state index contributed by atoms with van der Waals surface area (Å²) in [5.74, 6) is -0.714. The van der Waals surface area contributed by atoms with Crippen molar-refractivity contribution in [3.05, 3.63) is 28.2 Å². The maximum atomic E-state index is 11.5. The number of phenolic OH excluding ortho intramolecular Hbond substituents is 1. The van der Waals surface area contributed by atoms with Crippen LogP contribution in [0.3, 0.4) is 0 Å². The van der Waals surface area contributed by atoms with E-state index in [4.69, 9.17) is 0 Å². The second-order valence-electron chi connectivity index (χ2n) is 3.02. The Morgan fingerprint density at radius 1 is 1.44 bits per heavy atom. The Balaban J connectivity index is 2.66. The number of phenols is 1. The van der Waals surface area contributed by atoms with Gasteiger partial charge in [0.05, 0.1) is 11.0 Å². The fourth-order valence-corrected chi connectivity index (χ4v) is 1.25. The van der Waals surface area contributed by atoms with Gasteiger partial charge in [0.1, 0.15) is 5.75 Å². The van der Waals surface area contributed by atoms with Gasteiger partial charge in [-0.25, -0.2) is 0 Å². The number of likely N-dealkylation sites (N-methyl/N-ethyl adjacent to an activating group) is 1. The van der Waals surface area contributed by atoms with Crippen molar-refractivity contribution in [1.29, 1.82) is 0 Å². The highest BCUT2D eigenvalue weighted by molar-refractivity contribution is 9.10. The predicted molar refractivity (Wildman–Crippen MR) is 62.2 cm³/mol. The van der Waals surface area contributed by atoms with E-state index in [1.807, 2.05) is 0 Å². The molecule has 0 saturated carbocycles. The van der Waals surface area contributed by atoms with Crippen LogP contribution in [-0.2, 0) is 4.79 Å². The summed E-state index contributed by atoms with van der Waals surface area (Å²) in [7, 11) is 1.49. The normalized spacial score (nSPS) is 9.62. The van der Waals surface area contributed by atoms with Crippen LogP contribution >= 0.6 is 15.9 Å². The van der Waals surface area contributed by atoms with E-state index in [9.17, 15) is 14.7 Å². The molecule has 0 radical (unpaired) electrons. The van der Waals surface area contributed by atoms with Crippen molar-refractivity contribution in [2.45, 2.75) is 0 Å². The zero-order valence-electron chi connectivity index (χ0n) is 8.58. The number of hydrogen-bond donors (Lipinski definition) is 3. The lowest BCUT2D eigenvalue weighted by Gasteiger charge is -2.05. The monoisotopic (exact) mass is 286 g/mol. The fourth-order valence-electron chi connectivity index (χ4n) is 1.00. The van der Waals surface area contributed by atoms with Gasteiger partial charge >= 0.3 is 0 Å². The minimum absolute atomic E-state index is 0.0207. The third-order valence-electron chi connectivity index (χ3n) is 1.90. The number of hydrogen-bond acceptors (Lipinski definition) is 3. The zero-order valence-corrected chi connectivity index (χ0v) is 10.2. The number of aromatic hydroxyl groups is 1. The molecule has 0 saturated heterocycles. The largest absolute Gasteiger partial charge is 0.507 e. The van der Waals surface area contributed by atoms with Crippen LogP contribution in [0, 0.1) is 0 Å².